The van der Waals surface area contributed by atoms with Gasteiger partial charge in [-0.25, -0.2) is 0 Å². The molecule has 0 heterocycles. The highest BCUT2D eigenvalue weighted by molar-refractivity contribution is 5.79. The van der Waals surface area contributed by atoms with E-state index in [1.165, 1.54) is 6.21 Å². The molecule has 1 N–H and O–H groups in total. The minimum Gasteiger partial charge on any atom is -0.272 e. The Morgan fingerprint density at radius 1 is 1.12 bits per heavy atom. The number of benzene rings is 2. The number of hydrogen-bond acceptors (Lipinski definition) is 4. The van der Waals surface area contributed by atoms with Crippen LogP contribution >= 0.6 is 0 Å². The van der Waals surface area contributed by atoms with Crippen LogP contribution in [0, 0.1) is 10.1 Å². The van der Waals surface area contributed by atoms with Crippen LogP contribution in [0.15, 0.2) is 59.7 Å². The zero-order valence-electron chi connectivity index (χ0n) is 12.2. The van der Waals surface area contributed by atoms with Crippen molar-refractivity contribution in [2.24, 2.45) is 5.10 Å². The second-order valence-corrected chi connectivity index (χ2v) is 4.65. The molecule has 0 saturated carbocycles. The summed E-state index contributed by atoms with van der Waals surface area (Å²) in [6.45, 7) is 0. The molecule has 0 bridgehead atoms. The van der Waals surface area contributed by atoms with Gasteiger partial charge in [-0.2, -0.15) is 18.3 Å². The molecule has 24 heavy (non-hydrogen) atoms. The van der Waals surface area contributed by atoms with Gasteiger partial charge >= 0.3 is 6.18 Å². The fourth-order valence-corrected chi connectivity index (χ4v) is 1.82. The van der Waals surface area contributed by atoms with Crippen molar-refractivity contribution in [1.82, 2.24) is 0 Å². The maximum Gasteiger partial charge on any atom is 0.416 e. The minimum absolute atomic E-state index is 0.127. The average molecular weight is 335 g/mol. The van der Waals surface area contributed by atoms with E-state index < -0.39 is 22.4 Å². The summed E-state index contributed by atoms with van der Waals surface area (Å²) >= 11 is 0. The normalized spacial score (nSPS) is 12.0. The Labute approximate surface area is 135 Å². The maximum atomic E-state index is 12.6. The van der Waals surface area contributed by atoms with E-state index in [1.54, 1.807) is 12.2 Å². The average Bonchev–Trinajstić information content (AvgIpc) is 2.54. The molecule has 0 aliphatic heterocycles. The van der Waals surface area contributed by atoms with Crippen LogP contribution in [0.4, 0.5) is 24.5 Å². The number of alkyl halides is 3. The molecule has 0 saturated heterocycles. The lowest BCUT2D eigenvalue weighted by Crippen LogP contribution is -2.06. The van der Waals surface area contributed by atoms with Crippen LogP contribution in [0.2, 0.25) is 0 Å². The van der Waals surface area contributed by atoms with Crippen LogP contribution in [0.1, 0.15) is 11.1 Å². The Hall–Kier alpha value is -3.16. The third-order valence-electron chi connectivity index (χ3n) is 2.96. The van der Waals surface area contributed by atoms with E-state index in [9.17, 15) is 23.3 Å². The van der Waals surface area contributed by atoms with Gasteiger partial charge in [-0.15, -0.1) is 0 Å². The molecule has 0 fully saturated rings. The zero-order valence-corrected chi connectivity index (χ0v) is 12.2. The Morgan fingerprint density at radius 3 is 2.46 bits per heavy atom. The number of hydrazone groups is 1. The zero-order chi connectivity index (χ0) is 17.6. The van der Waals surface area contributed by atoms with E-state index in [0.717, 1.165) is 17.7 Å². The Bertz CT molecular complexity index is 772. The molecular formula is C16H12F3N3O2. The first-order chi connectivity index (χ1) is 11.4. The van der Waals surface area contributed by atoms with Crippen LogP contribution in [0.25, 0.3) is 6.08 Å². The number of halogens is 3. The molecule has 0 spiro atoms. The first-order valence-electron chi connectivity index (χ1n) is 6.74. The van der Waals surface area contributed by atoms with Crippen LogP contribution in [0.3, 0.4) is 0 Å². The minimum atomic E-state index is -4.65. The number of allylic oxidation sites excluding steroid dienone is 1. The van der Waals surface area contributed by atoms with Gasteiger partial charge in [0.15, 0.2) is 0 Å². The van der Waals surface area contributed by atoms with Gasteiger partial charge in [0, 0.05) is 12.3 Å². The summed E-state index contributed by atoms with van der Waals surface area (Å²) in [5, 5.41) is 14.7. The van der Waals surface area contributed by atoms with Crippen molar-refractivity contribution in [2.75, 3.05) is 5.43 Å². The van der Waals surface area contributed by atoms with Gasteiger partial charge in [0.05, 0.1) is 10.5 Å². The monoisotopic (exact) mass is 335 g/mol. The largest absolute Gasteiger partial charge is 0.416 e. The molecule has 2 rings (SSSR count). The first-order valence-corrected chi connectivity index (χ1v) is 6.74. The fourth-order valence-electron chi connectivity index (χ4n) is 1.82. The topological polar surface area (TPSA) is 67.5 Å². The molecule has 0 unspecified atom stereocenters. The number of anilines is 1. The standard InChI is InChI=1S/C16H12F3N3O2/c17-16(18,19)13-8-9-14(15(11-13)22(23)24)21-20-10-4-7-12-5-2-1-3-6-12/h1-11,21H. The van der Waals surface area contributed by atoms with Crippen LogP contribution in [-0.4, -0.2) is 11.1 Å². The first kappa shape index (κ1) is 17.2. The summed E-state index contributed by atoms with van der Waals surface area (Å²) in [5.41, 5.74) is 1.39. The van der Waals surface area contributed by atoms with E-state index in [1.807, 2.05) is 30.3 Å². The summed E-state index contributed by atoms with van der Waals surface area (Å²) in [5.74, 6) is 0. The van der Waals surface area contributed by atoms with E-state index in [2.05, 4.69) is 10.5 Å². The Morgan fingerprint density at radius 2 is 1.83 bits per heavy atom. The van der Waals surface area contributed by atoms with Gasteiger partial charge in [-0.05, 0) is 23.8 Å². The number of nitrogens with zero attached hydrogens (tertiary/aromatic N) is 2. The lowest BCUT2D eigenvalue weighted by atomic mass is 10.1. The quantitative estimate of drug-likeness (QED) is 0.488. The van der Waals surface area contributed by atoms with Crippen molar-refractivity contribution in [2.45, 2.75) is 6.18 Å². The second kappa shape index (κ2) is 7.40. The van der Waals surface area contributed by atoms with E-state index in [-0.39, 0.29) is 5.69 Å². The third kappa shape index (κ3) is 4.67. The molecule has 124 valence electrons. The van der Waals surface area contributed by atoms with Crippen molar-refractivity contribution in [1.29, 1.82) is 0 Å². The van der Waals surface area contributed by atoms with Crippen molar-refractivity contribution in [3.8, 4) is 0 Å². The summed E-state index contributed by atoms with van der Waals surface area (Å²) in [4.78, 5) is 10.0. The summed E-state index contributed by atoms with van der Waals surface area (Å²) < 4.78 is 37.8. The molecule has 0 amide bonds. The molecule has 8 heteroatoms. The van der Waals surface area contributed by atoms with Gasteiger partial charge in [0.2, 0.25) is 0 Å². The highest BCUT2D eigenvalue weighted by Gasteiger charge is 2.32. The Kier molecular flexibility index (Phi) is 5.31. The van der Waals surface area contributed by atoms with Gasteiger partial charge in [0.25, 0.3) is 5.69 Å². The molecule has 5 nitrogen and oxygen atoms in total. The van der Waals surface area contributed by atoms with Crippen molar-refractivity contribution >= 4 is 23.7 Å². The second-order valence-electron chi connectivity index (χ2n) is 4.65. The van der Waals surface area contributed by atoms with E-state index >= 15 is 0 Å². The predicted molar refractivity (Wildman–Crippen MR) is 85.7 cm³/mol. The predicted octanol–water partition coefficient (Wildman–Crippen LogP) is 4.72. The lowest BCUT2D eigenvalue weighted by molar-refractivity contribution is -0.384. The van der Waals surface area contributed by atoms with E-state index in [4.69, 9.17) is 0 Å². The number of hydrogen-bond donors (Lipinski definition) is 1. The van der Waals surface area contributed by atoms with Crippen LogP contribution in [-0.2, 0) is 6.18 Å². The van der Waals surface area contributed by atoms with Gasteiger partial charge in [-0.1, -0.05) is 36.4 Å². The van der Waals surface area contributed by atoms with Crippen LogP contribution < -0.4 is 5.43 Å². The molecule has 0 atom stereocenters. The molecule has 2 aromatic carbocycles. The van der Waals surface area contributed by atoms with Crippen molar-refractivity contribution < 1.29 is 18.1 Å². The number of nitro groups is 1. The highest BCUT2D eigenvalue weighted by Crippen LogP contribution is 2.34. The van der Waals surface area contributed by atoms with E-state index in [0.29, 0.717) is 6.07 Å². The fraction of sp³-hybridized carbons (Fsp3) is 0.0625. The molecular weight excluding hydrogens is 323 g/mol. The number of rotatable bonds is 5. The maximum absolute atomic E-state index is 12.6. The summed E-state index contributed by atoms with van der Waals surface area (Å²) in [6.07, 6.45) is 0.0456. The summed E-state index contributed by atoms with van der Waals surface area (Å²) in [7, 11) is 0. The van der Waals surface area contributed by atoms with Gasteiger partial charge < -0.3 is 0 Å². The molecule has 0 aromatic heterocycles. The van der Waals surface area contributed by atoms with Crippen LogP contribution in [0.5, 0.6) is 0 Å². The highest BCUT2D eigenvalue weighted by atomic mass is 19.4. The smallest absolute Gasteiger partial charge is 0.272 e. The molecule has 2 aromatic rings. The SMILES string of the molecule is O=[N+]([O-])c1cc(C(F)(F)F)ccc1NN=CC=Cc1ccccc1. The van der Waals surface area contributed by atoms with Gasteiger partial charge in [0.1, 0.15) is 5.69 Å². The van der Waals surface area contributed by atoms with Crippen molar-refractivity contribution in [3.63, 3.8) is 0 Å². The molecule has 0 aliphatic rings. The lowest BCUT2D eigenvalue weighted by Gasteiger charge is -2.08. The van der Waals surface area contributed by atoms with Crippen molar-refractivity contribution in [3.05, 3.63) is 75.8 Å². The molecule has 0 radical (unpaired) electrons. The summed E-state index contributed by atoms with van der Waals surface area (Å²) in [6, 6.07) is 11.5. The number of nitrogens with one attached hydrogen (secondary N) is 1. The van der Waals surface area contributed by atoms with Gasteiger partial charge in [-0.3, -0.25) is 15.5 Å². The third-order valence-corrected chi connectivity index (χ3v) is 2.96. The molecule has 0 aliphatic carbocycles. The Balaban J connectivity index is 2.10. The number of nitro benzene ring substituents is 1.